The number of ether oxygens (including phenoxy) is 2. The summed E-state index contributed by atoms with van der Waals surface area (Å²) in [7, 11) is -2.31. The van der Waals surface area contributed by atoms with Crippen LogP contribution in [-0.4, -0.2) is 99.7 Å². The minimum absolute atomic E-state index is 0.0272. The molecule has 1 aromatic carbocycles. The topological polar surface area (TPSA) is 204 Å². The number of nitrogens with zero attached hydrogens (tertiary/aromatic N) is 5. The zero-order chi connectivity index (χ0) is 39.0. The highest BCUT2D eigenvalue weighted by Crippen LogP contribution is 2.46. The lowest BCUT2D eigenvalue weighted by Gasteiger charge is -2.31. The van der Waals surface area contributed by atoms with Crippen LogP contribution >= 0.6 is 11.3 Å². The van der Waals surface area contributed by atoms with Gasteiger partial charge in [0.2, 0.25) is 21.8 Å². The van der Waals surface area contributed by atoms with Crippen LogP contribution in [0.4, 0.5) is 4.79 Å². The Morgan fingerprint density at radius 2 is 1.79 bits per heavy atom. The first-order chi connectivity index (χ1) is 27.0. The lowest BCUT2D eigenvalue weighted by molar-refractivity contribution is -0.141. The summed E-state index contributed by atoms with van der Waals surface area (Å²) in [5, 5.41) is 17.4. The Labute approximate surface area is 328 Å². The number of sulfonamides is 1. The predicted octanol–water partition coefficient (Wildman–Crippen LogP) is 3.87. The highest BCUT2D eigenvalue weighted by atomic mass is 32.2. The highest BCUT2D eigenvalue weighted by Gasteiger charge is 2.62. The van der Waals surface area contributed by atoms with Gasteiger partial charge < -0.3 is 25.0 Å². The molecule has 2 aromatic heterocycles. The van der Waals surface area contributed by atoms with Gasteiger partial charge >= 0.3 is 6.09 Å². The summed E-state index contributed by atoms with van der Waals surface area (Å²) in [6, 6.07) is 4.72. The van der Waals surface area contributed by atoms with E-state index in [0.29, 0.717) is 54.2 Å². The number of benzene rings is 1. The van der Waals surface area contributed by atoms with Crippen molar-refractivity contribution in [2.75, 3.05) is 13.7 Å². The molecule has 5 aliphatic rings. The largest absolute Gasteiger partial charge is 0.497 e. The number of carbonyl (C=O) groups excluding carboxylic acids is 4. The molecule has 8 rings (SSSR count). The van der Waals surface area contributed by atoms with Gasteiger partial charge in [0, 0.05) is 36.0 Å². The van der Waals surface area contributed by atoms with Crippen LogP contribution in [0, 0.1) is 5.92 Å². The molecule has 0 radical (unpaired) electrons. The molecule has 3 saturated carbocycles. The number of thiazole rings is 1. The van der Waals surface area contributed by atoms with Gasteiger partial charge in [0.15, 0.2) is 0 Å². The Bertz CT molecular complexity index is 2100. The Morgan fingerprint density at radius 1 is 1.00 bits per heavy atom. The van der Waals surface area contributed by atoms with Gasteiger partial charge in [0.25, 0.3) is 5.91 Å². The van der Waals surface area contributed by atoms with Crippen molar-refractivity contribution in [3.63, 3.8) is 0 Å². The summed E-state index contributed by atoms with van der Waals surface area (Å²) in [6.45, 7) is 0.0272. The van der Waals surface area contributed by atoms with Crippen molar-refractivity contribution in [2.24, 2.45) is 5.92 Å². The fraction of sp³-hybridized carbons (Fsp3) is 0.553. The van der Waals surface area contributed by atoms with E-state index in [1.165, 1.54) is 21.0 Å². The second-order valence-electron chi connectivity index (χ2n) is 15.3. The van der Waals surface area contributed by atoms with E-state index >= 15 is 0 Å². The van der Waals surface area contributed by atoms with Crippen molar-refractivity contribution in [3.05, 3.63) is 48.0 Å². The van der Waals surface area contributed by atoms with Crippen LogP contribution in [0.3, 0.4) is 0 Å². The lowest BCUT2D eigenvalue weighted by Crippen LogP contribution is -2.58. The number of rotatable bonds is 9. The Morgan fingerprint density at radius 3 is 2.48 bits per heavy atom. The van der Waals surface area contributed by atoms with Crippen molar-refractivity contribution in [1.29, 1.82) is 0 Å². The van der Waals surface area contributed by atoms with Gasteiger partial charge in [-0.15, -0.1) is 16.4 Å². The maximum atomic E-state index is 14.6. The van der Waals surface area contributed by atoms with Gasteiger partial charge in [0.1, 0.15) is 45.9 Å². The monoisotopic (exact) mass is 806 g/mol. The Hall–Kier alpha value is -4.84. The zero-order valence-electron chi connectivity index (χ0n) is 31.1. The molecule has 16 nitrogen and oxygen atoms in total. The smallest absolute Gasteiger partial charge is 0.408 e. The quantitative estimate of drug-likeness (QED) is 0.265. The van der Waals surface area contributed by atoms with Gasteiger partial charge in [-0.3, -0.25) is 19.1 Å². The van der Waals surface area contributed by atoms with E-state index in [4.69, 9.17) is 19.7 Å². The molecule has 4 fully saturated rings. The van der Waals surface area contributed by atoms with Gasteiger partial charge in [-0.25, -0.2) is 18.2 Å². The molecule has 5 atom stereocenters. The van der Waals surface area contributed by atoms with Crippen LogP contribution in [0.5, 0.6) is 5.75 Å². The molecule has 2 aliphatic heterocycles. The minimum Gasteiger partial charge on any atom is -0.497 e. The zero-order valence-corrected chi connectivity index (χ0v) is 32.7. The van der Waals surface area contributed by atoms with Crippen LogP contribution in [0.25, 0.3) is 22.0 Å². The number of alkyl carbamates (subject to hydrolysis) is 1. The molecule has 18 heteroatoms. The molecule has 3 N–H and O–H groups in total. The number of aromatic nitrogens is 4. The van der Waals surface area contributed by atoms with E-state index in [1.807, 2.05) is 41.8 Å². The number of nitrogens with one attached hydrogen (secondary N) is 3. The number of hydrogen-bond acceptors (Lipinski definition) is 12. The first kappa shape index (κ1) is 38.1. The van der Waals surface area contributed by atoms with Gasteiger partial charge in [-0.1, -0.05) is 25.0 Å². The van der Waals surface area contributed by atoms with E-state index in [9.17, 15) is 27.6 Å². The molecule has 3 aromatic rings. The maximum absolute atomic E-state index is 14.6. The van der Waals surface area contributed by atoms with E-state index in [2.05, 4.69) is 20.3 Å². The summed E-state index contributed by atoms with van der Waals surface area (Å²) in [4.78, 5) is 63.5. The summed E-state index contributed by atoms with van der Waals surface area (Å²) in [5.74, 6) is -1.61. The van der Waals surface area contributed by atoms with Gasteiger partial charge in [-0.05, 0) is 82.1 Å². The lowest BCUT2D eigenvalue weighted by atomic mass is 9.96. The van der Waals surface area contributed by atoms with Crippen molar-refractivity contribution in [3.8, 4) is 27.7 Å². The average molecular weight is 807 g/mol. The van der Waals surface area contributed by atoms with Crippen molar-refractivity contribution < 1.29 is 37.1 Å². The first-order valence-electron chi connectivity index (χ1n) is 19.4. The summed E-state index contributed by atoms with van der Waals surface area (Å²) in [6.07, 6.45) is 11.7. The molecule has 1 saturated heterocycles. The first-order valence-corrected chi connectivity index (χ1v) is 21.8. The minimum atomic E-state index is -3.90. The number of fused-ring (bicyclic) bond motifs is 2. The molecule has 0 unspecified atom stereocenters. The molecule has 0 spiro atoms. The van der Waals surface area contributed by atoms with E-state index in [0.717, 1.165) is 37.7 Å². The third-order valence-electron chi connectivity index (χ3n) is 11.4. The number of hydrogen-bond donors (Lipinski definition) is 3. The highest BCUT2D eigenvalue weighted by molar-refractivity contribution is 7.91. The Kier molecular flexibility index (Phi) is 10.6. The number of allylic oxidation sites excluding steroid dienone is 1. The van der Waals surface area contributed by atoms with Crippen molar-refractivity contribution in [2.45, 2.75) is 112 Å². The molecule has 3 aliphatic carbocycles. The van der Waals surface area contributed by atoms with Crippen LogP contribution in [0.2, 0.25) is 0 Å². The fourth-order valence-electron chi connectivity index (χ4n) is 7.68. The van der Waals surface area contributed by atoms with Crippen LogP contribution in [0.1, 0.15) is 83.1 Å². The molecule has 56 heavy (non-hydrogen) atoms. The van der Waals surface area contributed by atoms with E-state index < -0.39 is 68.7 Å². The number of amides is 4. The number of methoxy groups -OCH3 is 1. The molecular weight excluding hydrogens is 761 g/mol. The third-order valence-corrected chi connectivity index (χ3v) is 14.0. The van der Waals surface area contributed by atoms with Crippen molar-refractivity contribution >= 4 is 45.2 Å². The van der Waals surface area contributed by atoms with Crippen LogP contribution < -0.4 is 20.1 Å². The average Bonchev–Trinajstić information content (AvgIpc) is 3.92. The van der Waals surface area contributed by atoms with Gasteiger partial charge in [-0.2, -0.15) is 9.90 Å². The molecule has 4 amide bonds. The Balaban J connectivity index is 1.13. The van der Waals surface area contributed by atoms with Crippen molar-refractivity contribution in [1.82, 2.24) is 40.2 Å². The summed E-state index contributed by atoms with van der Waals surface area (Å²) < 4.78 is 38.9. The van der Waals surface area contributed by atoms with E-state index in [-0.39, 0.29) is 25.5 Å². The van der Waals surface area contributed by atoms with Crippen LogP contribution in [0.15, 0.2) is 48.0 Å². The second-order valence-corrected chi connectivity index (χ2v) is 18.2. The summed E-state index contributed by atoms with van der Waals surface area (Å²) in [5.41, 5.74) is 0.348. The SMILES string of the molecule is COc1ccc(-c2nn([C@@H]3C[C@H]4C(=O)N[C@]5(C(=O)NS(=O)(=O)C6CC6)C[C@H]5/C=C/CCCCC[C@@H](NC(=O)OC5CCC5)C(=O)N4C3)nc2-c2nccs2)cc1. The molecule has 4 heterocycles. The molecule has 298 valence electrons. The van der Waals surface area contributed by atoms with E-state index in [1.54, 1.807) is 13.3 Å². The predicted molar refractivity (Wildman–Crippen MR) is 205 cm³/mol. The molecule has 0 bridgehead atoms. The third kappa shape index (κ3) is 7.90. The fourth-order valence-corrected chi connectivity index (χ4v) is 9.66. The molecular formula is C38H46N8O8S2. The maximum Gasteiger partial charge on any atom is 0.408 e. The van der Waals surface area contributed by atoms with Gasteiger partial charge in [0.05, 0.1) is 18.4 Å². The standard InChI is InChI=1S/C38H46N8O8S2/c1-53-26-14-12-23(13-15-26)31-32(34-39-18-19-55-34)43-46(42-31)25-20-30-33(47)41-38(36(49)44-56(51,52)28-16-17-28)21-24(38)8-5-3-2-4-6-11-29(35(48)45(30)22-25)40-37(50)54-27-9-7-10-27/h5,8,12-15,18-19,24-25,27-30H,2-4,6-7,9-11,16-17,20-22H2,1H3,(H,40,50)(H,41,47)(H,44,49)/b8-5+/t24-,25-,29-,30+,38-/m1/s1. The second kappa shape index (κ2) is 15.6. The number of carbonyl (C=O) groups is 4. The normalized spacial score (nSPS) is 27.7. The summed E-state index contributed by atoms with van der Waals surface area (Å²) >= 11 is 1.40. The van der Waals surface area contributed by atoms with Crippen LogP contribution in [-0.2, 0) is 29.1 Å².